The van der Waals surface area contributed by atoms with Gasteiger partial charge in [-0.05, 0) is 89.9 Å². The SMILES string of the molecule is CC/C=C\C/C=C\C/C=C\C/C=C\C/C=C\C/C=C\C/C=C\CCCC(=O)OC(COCCCCCCCCCCCCCC/C=C\CCCCCCCCCC)COP(=O)(O)OCC(O)CO. The van der Waals surface area contributed by atoms with E-state index in [4.69, 9.17) is 23.6 Å². The second kappa shape index (κ2) is 53.7. The summed E-state index contributed by atoms with van der Waals surface area (Å²) in [4.78, 5) is 22.7. The number of esters is 1. The fraction of sp³-hybridized carbons (Fsp3) is 0.707. The molecule has 68 heavy (non-hydrogen) atoms. The smallest absolute Gasteiger partial charge is 0.457 e. The highest BCUT2D eigenvalue weighted by Gasteiger charge is 2.26. The zero-order valence-corrected chi connectivity index (χ0v) is 44.2. The van der Waals surface area contributed by atoms with Crippen LogP contribution < -0.4 is 0 Å². The van der Waals surface area contributed by atoms with Gasteiger partial charge in [0.25, 0.3) is 0 Å². The number of unbranched alkanes of at least 4 members (excludes halogenated alkanes) is 21. The summed E-state index contributed by atoms with van der Waals surface area (Å²) in [5.74, 6) is -0.441. The van der Waals surface area contributed by atoms with Crippen molar-refractivity contribution in [2.75, 3.05) is 33.0 Å². The molecule has 0 heterocycles. The summed E-state index contributed by atoms with van der Waals surface area (Å²) >= 11 is 0. The zero-order chi connectivity index (χ0) is 49.5. The molecule has 0 saturated heterocycles. The van der Waals surface area contributed by atoms with Gasteiger partial charge in [0.1, 0.15) is 12.2 Å². The highest BCUT2D eigenvalue weighted by atomic mass is 31.2. The van der Waals surface area contributed by atoms with Gasteiger partial charge < -0.3 is 24.6 Å². The second-order valence-corrected chi connectivity index (χ2v) is 19.3. The van der Waals surface area contributed by atoms with Crippen LogP contribution in [-0.4, -0.2) is 66.3 Å². The first kappa shape index (κ1) is 65.4. The third-order valence-corrected chi connectivity index (χ3v) is 12.2. The standard InChI is InChI=1S/C58H101O9P/c1-3-5-7-9-11-13-15-17-19-21-23-25-27-29-31-33-35-37-39-41-43-45-47-49-51-64-54-57(55-66-68(62,63)65-53-56(60)52-59)67-58(61)50-48-46-44-42-40-38-36-34-32-30-28-26-24-22-20-18-16-14-12-10-8-6-4-2/h6,8,12,14,18,20-21,23-24,26,30,32,36,38,42,44,56-57,59-60H,3-5,7,9-11,13,15-17,19,22,25,27-29,31,33-35,37,39-41,43,45-55H2,1-2H3,(H,62,63)/b8-6-,14-12-,20-18-,23-21-,26-24-,32-30-,38-36-,44-42-. The van der Waals surface area contributed by atoms with Crippen molar-refractivity contribution in [2.45, 2.75) is 232 Å². The average molecular weight is 973 g/mol. The average Bonchev–Trinajstić information content (AvgIpc) is 3.33. The zero-order valence-electron chi connectivity index (χ0n) is 43.3. The van der Waals surface area contributed by atoms with E-state index >= 15 is 0 Å². The topological polar surface area (TPSA) is 132 Å². The van der Waals surface area contributed by atoms with Gasteiger partial charge in [0.2, 0.25) is 0 Å². The Hall–Kier alpha value is -2.62. The summed E-state index contributed by atoms with van der Waals surface area (Å²) in [6, 6.07) is 0. The Bertz CT molecular complexity index is 1380. The molecule has 392 valence electrons. The van der Waals surface area contributed by atoms with E-state index < -0.39 is 45.8 Å². The quantitative estimate of drug-likeness (QED) is 0.0236. The van der Waals surface area contributed by atoms with Crippen molar-refractivity contribution in [3.05, 3.63) is 97.2 Å². The normalized spacial score (nSPS) is 14.5. The summed E-state index contributed by atoms with van der Waals surface area (Å²) < 4.78 is 33.5. The maximum absolute atomic E-state index is 12.7. The molecule has 0 aromatic rings. The van der Waals surface area contributed by atoms with Crippen molar-refractivity contribution in [2.24, 2.45) is 0 Å². The van der Waals surface area contributed by atoms with Gasteiger partial charge >= 0.3 is 13.8 Å². The molecule has 0 aromatic carbocycles. The van der Waals surface area contributed by atoms with E-state index in [0.717, 1.165) is 70.6 Å². The lowest BCUT2D eigenvalue weighted by Crippen LogP contribution is -2.29. The van der Waals surface area contributed by atoms with Crippen molar-refractivity contribution < 1.29 is 43.0 Å². The number of hydrogen-bond acceptors (Lipinski definition) is 8. The molecule has 0 aliphatic rings. The maximum Gasteiger partial charge on any atom is 0.472 e. The number of aliphatic hydroxyl groups is 2. The molecule has 0 spiro atoms. The van der Waals surface area contributed by atoms with E-state index in [1.807, 2.05) is 0 Å². The summed E-state index contributed by atoms with van der Waals surface area (Å²) in [5.41, 5.74) is 0. The van der Waals surface area contributed by atoms with Crippen molar-refractivity contribution in [3.8, 4) is 0 Å². The van der Waals surface area contributed by atoms with Crippen molar-refractivity contribution in [1.82, 2.24) is 0 Å². The predicted octanol–water partition coefficient (Wildman–Crippen LogP) is 16.4. The molecule has 0 bridgehead atoms. The van der Waals surface area contributed by atoms with Crippen LogP contribution in [0.25, 0.3) is 0 Å². The summed E-state index contributed by atoms with van der Waals surface area (Å²) in [6.07, 6.45) is 69.6. The van der Waals surface area contributed by atoms with E-state index in [0.29, 0.717) is 13.0 Å². The largest absolute Gasteiger partial charge is 0.472 e. The third-order valence-electron chi connectivity index (χ3n) is 11.3. The number of hydrogen-bond donors (Lipinski definition) is 3. The van der Waals surface area contributed by atoms with E-state index in [2.05, 4.69) is 111 Å². The lowest BCUT2D eigenvalue weighted by molar-refractivity contribution is -0.154. The Kier molecular flexibility index (Phi) is 51.7. The van der Waals surface area contributed by atoms with Gasteiger partial charge in [0, 0.05) is 13.0 Å². The van der Waals surface area contributed by atoms with Gasteiger partial charge in [-0.15, -0.1) is 0 Å². The molecule has 9 nitrogen and oxygen atoms in total. The summed E-state index contributed by atoms with van der Waals surface area (Å²) in [7, 11) is -4.55. The molecule has 0 aliphatic carbocycles. The van der Waals surface area contributed by atoms with Crippen LogP contribution in [0.3, 0.4) is 0 Å². The molecular formula is C58H101O9P. The van der Waals surface area contributed by atoms with Gasteiger partial charge in [-0.25, -0.2) is 4.57 Å². The van der Waals surface area contributed by atoms with Crippen LogP contribution in [0.1, 0.15) is 219 Å². The first-order valence-electron chi connectivity index (χ1n) is 27.2. The fourth-order valence-electron chi connectivity index (χ4n) is 7.16. The van der Waals surface area contributed by atoms with Crippen molar-refractivity contribution in [3.63, 3.8) is 0 Å². The molecule has 3 N–H and O–H groups in total. The number of phosphoric ester groups is 1. The Balaban J connectivity index is 4.16. The lowest BCUT2D eigenvalue weighted by Gasteiger charge is -2.20. The minimum Gasteiger partial charge on any atom is -0.457 e. The Morgan fingerprint density at radius 1 is 0.471 bits per heavy atom. The van der Waals surface area contributed by atoms with Gasteiger partial charge in [-0.3, -0.25) is 13.8 Å². The fourth-order valence-corrected chi connectivity index (χ4v) is 7.95. The van der Waals surface area contributed by atoms with E-state index in [1.165, 1.54) is 122 Å². The van der Waals surface area contributed by atoms with Crippen LogP contribution in [-0.2, 0) is 27.9 Å². The molecule has 0 fully saturated rings. The maximum atomic E-state index is 12.7. The molecule has 0 aromatic heterocycles. The number of rotatable bonds is 51. The molecular weight excluding hydrogens is 872 g/mol. The van der Waals surface area contributed by atoms with Gasteiger partial charge in [-0.2, -0.15) is 0 Å². The van der Waals surface area contributed by atoms with Crippen LogP contribution >= 0.6 is 7.82 Å². The highest BCUT2D eigenvalue weighted by molar-refractivity contribution is 7.47. The van der Waals surface area contributed by atoms with Gasteiger partial charge in [0.05, 0.1) is 26.4 Å². The number of ether oxygens (including phenoxy) is 2. The minimum absolute atomic E-state index is 0.0208. The lowest BCUT2D eigenvalue weighted by atomic mass is 10.0. The van der Waals surface area contributed by atoms with Crippen LogP contribution in [0.5, 0.6) is 0 Å². The van der Waals surface area contributed by atoms with Crippen molar-refractivity contribution >= 4 is 13.8 Å². The van der Waals surface area contributed by atoms with Gasteiger partial charge in [-0.1, -0.05) is 220 Å². The second-order valence-electron chi connectivity index (χ2n) is 17.9. The molecule has 0 radical (unpaired) electrons. The van der Waals surface area contributed by atoms with Gasteiger partial charge in [0.15, 0.2) is 0 Å². The van der Waals surface area contributed by atoms with E-state index in [1.54, 1.807) is 0 Å². The van der Waals surface area contributed by atoms with Crippen LogP contribution in [0.4, 0.5) is 0 Å². The van der Waals surface area contributed by atoms with Crippen LogP contribution in [0.15, 0.2) is 97.2 Å². The molecule has 10 heteroatoms. The van der Waals surface area contributed by atoms with Crippen LogP contribution in [0.2, 0.25) is 0 Å². The molecule has 3 atom stereocenters. The van der Waals surface area contributed by atoms with E-state index in [9.17, 15) is 19.4 Å². The number of carbonyl (C=O) groups excluding carboxylic acids is 1. The van der Waals surface area contributed by atoms with Crippen molar-refractivity contribution in [1.29, 1.82) is 0 Å². The number of allylic oxidation sites excluding steroid dienone is 16. The highest BCUT2D eigenvalue weighted by Crippen LogP contribution is 2.43. The molecule has 0 rings (SSSR count). The molecule has 3 unspecified atom stereocenters. The number of aliphatic hydroxyl groups excluding tert-OH is 2. The Morgan fingerprint density at radius 3 is 1.28 bits per heavy atom. The minimum atomic E-state index is -4.55. The molecule has 0 saturated carbocycles. The third kappa shape index (κ3) is 52.7. The molecule has 0 amide bonds. The predicted molar refractivity (Wildman–Crippen MR) is 288 cm³/mol. The Labute approximate surface area is 417 Å². The monoisotopic (exact) mass is 973 g/mol. The first-order valence-corrected chi connectivity index (χ1v) is 28.7. The van der Waals surface area contributed by atoms with E-state index in [-0.39, 0.29) is 13.0 Å². The first-order chi connectivity index (χ1) is 33.3. The molecule has 0 aliphatic heterocycles. The van der Waals surface area contributed by atoms with Crippen LogP contribution in [0, 0.1) is 0 Å². The number of carbonyl (C=O) groups is 1. The number of phosphoric acid groups is 1. The Morgan fingerprint density at radius 2 is 0.838 bits per heavy atom. The summed E-state index contributed by atoms with van der Waals surface area (Å²) in [5, 5.41) is 18.4. The summed E-state index contributed by atoms with van der Waals surface area (Å²) in [6.45, 7) is 3.33.